The first-order valence-electron chi connectivity index (χ1n) is 8.77. The van der Waals surface area contributed by atoms with Crippen molar-refractivity contribution < 1.29 is 4.79 Å². The third-order valence-electron chi connectivity index (χ3n) is 4.39. The van der Waals surface area contributed by atoms with E-state index in [1.54, 1.807) is 6.92 Å². The molecule has 3 N–H and O–H groups in total. The van der Waals surface area contributed by atoms with E-state index in [9.17, 15) is 14.4 Å². The zero-order chi connectivity index (χ0) is 21.1. The average molecular weight is 433 g/mol. The van der Waals surface area contributed by atoms with Crippen LogP contribution in [0.2, 0.25) is 10.0 Å². The van der Waals surface area contributed by atoms with Gasteiger partial charge >= 0.3 is 5.69 Å². The molecule has 0 atom stereocenters. The molecule has 3 rings (SSSR count). The van der Waals surface area contributed by atoms with Gasteiger partial charge in [0.15, 0.2) is 5.69 Å². The Bertz CT molecular complexity index is 1170. The van der Waals surface area contributed by atoms with Gasteiger partial charge in [-0.05, 0) is 30.7 Å². The van der Waals surface area contributed by atoms with Gasteiger partial charge in [0.05, 0.1) is 17.1 Å². The predicted octanol–water partition coefficient (Wildman–Crippen LogP) is 3.14. The van der Waals surface area contributed by atoms with Crippen LogP contribution < -0.4 is 21.9 Å². The van der Waals surface area contributed by atoms with Crippen LogP contribution in [0.25, 0.3) is 0 Å². The van der Waals surface area contributed by atoms with Crippen molar-refractivity contribution in [3.63, 3.8) is 0 Å². The lowest BCUT2D eigenvalue weighted by molar-refractivity contribution is 0.0988. The molecule has 29 heavy (non-hydrogen) atoms. The first kappa shape index (κ1) is 20.7. The summed E-state index contributed by atoms with van der Waals surface area (Å²) >= 11 is 12.0. The third-order valence-corrected chi connectivity index (χ3v) is 4.94. The van der Waals surface area contributed by atoms with Gasteiger partial charge in [-0.1, -0.05) is 53.5 Å². The number of aromatic amines is 1. The Labute approximate surface area is 176 Å². The summed E-state index contributed by atoms with van der Waals surface area (Å²) in [5.41, 5.74) is 5.64. The lowest BCUT2D eigenvalue weighted by Gasteiger charge is -2.23. The molecule has 9 heteroatoms. The highest BCUT2D eigenvalue weighted by Crippen LogP contribution is 2.25. The zero-order valence-corrected chi connectivity index (χ0v) is 17.0. The summed E-state index contributed by atoms with van der Waals surface area (Å²) in [5.74, 6) is -0.640. The van der Waals surface area contributed by atoms with Gasteiger partial charge in [0.1, 0.15) is 5.82 Å². The summed E-state index contributed by atoms with van der Waals surface area (Å²) in [6, 6.07) is 13.6. The number of halogens is 2. The van der Waals surface area contributed by atoms with Crippen LogP contribution >= 0.6 is 23.2 Å². The Hall–Kier alpha value is -3.03. The van der Waals surface area contributed by atoms with Crippen molar-refractivity contribution in [2.24, 2.45) is 0 Å². The Morgan fingerprint density at radius 3 is 2.45 bits per heavy atom. The van der Waals surface area contributed by atoms with Gasteiger partial charge in [0.2, 0.25) is 0 Å². The number of amides is 1. The summed E-state index contributed by atoms with van der Waals surface area (Å²) in [5, 5.41) is 0.525. The number of nitrogens with zero attached hydrogens (tertiary/aromatic N) is 2. The van der Waals surface area contributed by atoms with Crippen LogP contribution in [0.3, 0.4) is 0 Å². The van der Waals surface area contributed by atoms with Crippen LogP contribution in [0.5, 0.6) is 0 Å². The SMILES string of the molecule is CCN(C(=O)c1ccc(Cl)cc1Cl)c1c(N)n(Cc2ccccc2)c(=O)[nH]c1=O. The van der Waals surface area contributed by atoms with E-state index in [1.165, 1.54) is 27.7 Å². The number of nitrogens with one attached hydrogen (secondary N) is 1. The predicted molar refractivity (Wildman–Crippen MR) is 115 cm³/mol. The number of hydrogen-bond donors (Lipinski definition) is 2. The minimum atomic E-state index is -0.753. The van der Waals surface area contributed by atoms with Crippen LogP contribution in [0.1, 0.15) is 22.8 Å². The molecule has 1 aromatic heterocycles. The summed E-state index contributed by atoms with van der Waals surface area (Å²) in [6.45, 7) is 1.96. The highest BCUT2D eigenvalue weighted by molar-refractivity contribution is 6.37. The molecule has 0 radical (unpaired) electrons. The maximum Gasteiger partial charge on any atom is 0.330 e. The molecule has 0 saturated heterocycles. The molecule has 0 aliphatic heterocycles. The topological polar surface area (TPSA) is 101 Å². The Morgan fingerprint density at radius 1 is 1.14 bits per heavy atom. The molecule has 0 aliphatic carbocycles. The first-order valence-corrected chi connectivity index (χ1v) is 9.52. The number of rotatable bonds is 5. The molecule has 0 saturated carbocycles. The third kappa shape index (κ3) is 4.21. The highest BCUT2D eigenvalue weighted by Gasteiger charge is 2.25. The van der Waals surface area contributed by atoms with E-state index >= 15 is 0 Å². The number of anilines is 2. The quantitative estimate of drug-likeness (QED) is 0.646. The van der Waals surface area contributed by atoms with E-state index in [1.807, 2.05) is 30.3 Å². The maximum atomic E-state index is 13.1. The molecular weight excluding hydrogens is 415 g/mol. The number of carbonyl (C=O) groups is 1. The maximum absolute atomic E-state index is 13.1. The van der Waals surface area contributed by atoms with E-state index in [-0.39, 0.29) is 35.2 Å². The second kappa shape index (κ2) is 8.55. The van der Waals surface area contributed by atoms with Crippen molar-refractivity contribution >= 4 is 40.6 Å². The summed E-state index contributed by atoms with van der Waals surface area (Å²) in [6.07, 6.45) is 0. The van der Waals surface area contributed by atoms with Crippen molar-refractivity contribution in [1.82, 2.24) is 9.55 Å². The van der Waals surface area contributed by atoms with Crippen LogP contribution in [0.4, 0.5) is 11.5 Å². The second-order valence-electron chi connectivity index (χ2n) is 6.24. The summed E-state index contributed by atoms with van der Waals surface area (Å²) in [7, 11) is 0. The van der Waals surface area contributed by atoms with Gasteiger partial charge in [-0.25, -0.2) is 4.79 Å². The van der Waals surface area contributed by atoms with Gasteiger partial charge in [-0.3, -0.25) is 19.1 Å². The number of carbonyl (C=O) groups excluding carboxylic acids is 1. The molecule has 150 valence electrons. The minimum Gasteiger partial charge on any atom is -0.383 e. The van der Waals surface area contributed by atoms with E-state index in [2.05, 4.69) is 4.98 Å². The molecule has 2 aromatic carbocycles. The molecule has 3 aromatic rings. The number of benzene rings is 2. The van der Waals surface area contributed by atoms with Gasteiger partial charge in [0.25, 0.3) is 11.5 Å². The summed E-state index contributed by atoms with van der Waals surface area (Å²) < 4.78 is 1.21. The van der Waals surface area contributed by atoms with Crippen LogP contribution in [0.15, 0.2) is 58.1 Å². The fourth-order valence-corrected chi connectivity index (χ4v) is 3.46. The van der Waals surface area contributed by atoms with E-state index in [4.69, 9.17) is 28.9 Å². The highest BCUT2D eigenvalue weighted by atomic mass is 35.5. The molecule has 7 nitrogen and oxygen atoms in total. The van der Waals surface area contributed by atoms with Crippen molar-refractivity contribution in [3.05, 3.63) is 90.5 Å². The monoisotopic (exact) mass is 432 g/mol. The molecule has 0 unspecified atom stereocenters. The molecular formula is C20H18Cl2N4O3. The zero-order valence-electron chi connectivity index (χ0n) is 15.5. The van der Waals surface area contributed by atoms with E-state index in [0.717, 1.165) is 5.56 Å². The second-order valence-corrected chi connectivity index (χ2v) is 7.08. The van der Waals surface area contributed by atoms with Crippen LogP contribution in [0, 0.1) is 0 Å². The largest absolute Gasteiger partial charge is 0.383 e. The number of nitrogen functional groups attached to an aromatic ring is 1. The molecule has 0 spiro atoms. The van der Waals surface area contributed by atoms with Crippen molar-refractivity contribution in [2.45, 2.75) is 13.5 Å². The van der Waals surface area contributed by atoms with Crippen LogP contribution in [-0.2, 0) is 6.54 Å². The number of hydrogen-bond acceptors (Lipinski definition) is 4. The first-order chi connectivity index (χ1) is 13.8. The number of aromatic nitrogens is 2. The van der Waals surface area contributed by atoms with Crippen molar-refractivity contribution in [3.8, 4) is 0 Å². The van der Waals surface area contributed by atoms with E-state index in [0.29, 0.717) is 5.02 Å². The van der Waals surface area contributed by atoms with Crippen molar-refractivity contribution in [1.29, 1.82) is 0 Å². The Balaban J connectivity index is 2.10. The molecule has 0 fully saturated rings. The molecule has 1 heterocycles. The van der Waals surface area contributed by atoms with Crippen molar-refractivity contribution in [2.75, 3.05) is 17.2 Å². The minimum absolute atomic E-state index is 0.108. The fourth-order valence-electron chi connectivity index (χ4n) is 2.97. The molecule has 0 bridgehead atoms. The Kier molecular flexibility index (Phi) is 6.10. The normalized spacial score (nSPS) is 10.7. The van der Waals surface area contributed by atoms with E-state index < -0.39 is 17.2 Å². The summed E-state index contributed by atoms with van der Waals surface area (Å²) in [4.78, 5) is 41.4. The molecule has 1 amide bonds. The smallest absolute Gasteiger partial charge is 0.330 e. The molecule has 0 aliphatic rings. The lowest BCUT2D eigenvalue weighted by Crippen LogP contribution is -2.41. The van der Waals surface area contributed by atoms with Gasteiger partial charge < -0.3 is 10.6 Å². The number of nitrogens with two attached hydrogens (primary N) is 1. The van der Waals surface area contributed by atoms with Gasteiger partial charge in [-0.2, -0.15) is 0 Å². The Morgan fingerprint density at radius 2 is 1.83 bits per heavy atom. The van der Waals surface area contributed by atoms with Crippen LogP contribution in [-0.4, -0.2) is 22.0 Å². The lowest BCUT2D eigenvalue weighted by atomic mass is 10.2. The van der Waals surface area contributed by atoms with Gasteiger partial charge in [-0.15, -0.1) is 0 Å². The standard InChI is InChI=1S/C20H18Cl2N4O3/c1-2-25(19(28)14-9-8-13(21)10-15(14)22)16-17(23)26(20(29)24-18(16)27)11-12-6-4-3-5-7-12/h3-10H,2,11,23H2,1H3,(H,24,27,29). The van der Waals surface area contributed by atoms with Gasteiger partial charge in [0, 0.05) is 11.6 Å². The fraction of sp³-hybridized carbons (Fsp3) is 0.150. The number of H-pyrrole nitrogens is 1. The average Bonchev–Trinajstić information content (AvgIpc) is 2.68.